The second kappa shape index (κ2) is 7.53. The number of rotatable bonds is 5. The van der Waals surface area contributed by atoms with Crippen molar-refractivity contribution < 1.29 is 22.8 Å². The Kier molecular flexibility index (Phi) is 5.16. The number of aryl methyl sites for hydroxylation is 1. The maximum Gasteiger partial charge on any atom is 0.268 e. The molecule has 1 aromatic heterocycles. The molecule has 0 aliphatic carbocycles. The van der Waals surface area contributed by atoms with Crippen LogP contribution in [0, 0.1) is 17.5 Å². The maximum atomic E-state index is 13.6. The van der Waals surface area contributed by atoms with Gasteiger partial charge in [-0.25, -0.2) is 13.2 Å². The van der Waals surface area contributed by atoms with Crippen molar-refractivity contribution in [2.24, 2.45) is 0 Å². The first-order valence-corrected chi connectivity index (χ1v) is 8.22. The molecule has 140 valence electrons. The van der Waals surface area contributed by atoms with Crippen molar-refractivity contribution in [3.05, 3.63) is 65.6 Å². The number of fused-ring (bicyclic) bond motifs is 1. The van der Waals surface area contributed by atoms with E-state index in [1.165, 1.54) is 0 Å². The van der Waals surface area contributed by atoms with E-state index in [1.807, 2.05) is 31.2 Å². The summed E-state index contributed by atoms with van der Waals surface area (Å²) in [6.07, 6.45) is 0. The molecule has 0 aliphatic rings. The van der Waals surface area contributed by atoms with Crippen LogP contribution in [-0.4, -0.2) is 22.9 Å². The Bertz CT molecular complexity index is 1030. The molecule has 0 fully saturated rings. The normalized spacial score (nSPS) is 10.8. The van der Waals surface area contributed by atoms with Gasteiger partial charge in [-0.1, -0.05) is 18.2 Å². The van der Waals surface area contributed by atoms with E-state index in [4.69, 9.17) is 0 Å². The fraction of sp³-hybridized carbons (Fsp3) is 0.158. The summed E-state index contributed by atoms with van der Waals surface area (Å²) in [4.78, 5) is 24.3. The number of nitrogens with zero attached hydrogens (tertiary/aromatic N) is 1. The van der Waals surface area contributed by atoms with Gasteiger partial charge < -0.3 is 15.2 Å². The standard InChI is InChI=1S/C19H16F3N3O2/c1-2-25-14-6-4-3-5-11(14)9-15(25)19(27)23-10-16(26)24-13-8-7-12(20)17(21)18(13)22/h3-9H,2,10H2,1H3,(H,23,27)(H,24,26). The minimum atomic E-state index is -1.68. The van der Waals surface area contributed by atoms with E-state index in [9.17, 15) is 22.8 Å². The lowest BCUT2D eigenvalue weighted by atomic mass is 10.2. The molecule has 0 atom stereocenters. The molecule has 1 heterocycles. The van der Waals surface area contributed by atoms with E-state index < -0.39 is 41.5 Å². The summed E-state index contributed by atoms with van der Waals surface area (Å²) in [5, 5.41) is 5.42. The summed E-state index contributed by atoms with van der Waals surface area (Å²) in [6, 6.07) is 10.8. The zero-order valence-corrected chi connectivity index (χ0v) is 14.4. The second-order valence-corrected chi connectivity index (χ2v) is 5.79. The zero-order chi connectivity index (χ0) is 19.6. The SMILES string of the molecule is CCn1c(C(=O)NCC(=O)Nc2ccc(F)c(F)c2F)cc2ccccc21. The van der Waals surface area contributed by atoms with Gasteiger partial charge in [0.05, 0.1) is 12.2 Å². The van der Waals surface area contributed by atoms with E-state index in [0.717, 1.165) is 17.0 Å². The molecule has 0 saturated heterocycles. The van der Waals surface area contributed by atoms with Gasteiger partial charge in [-0.3, -0.25) is 9.59 Å². The van der Waals surface area contributed by atoms with Crippen molar-refractivity contribution in [2.45, 2.75) is 13.5 Å². The predicted molar refractivity (Wildman–Crippen MR) is 94.9 cm³/mol. The van der Waals surface area contributed by atoms with Gasteiger partial charge in [0.25, 0.3) is 5.91 Å². The highest BCUT2D eigenvalue weighted by Gasteiger charge is 2.17. The Morgan fingerprint density at radius 3 is 2.52 bits per heavy atom. The van der Waals surface area contributed by atoms with Gasteiger partial charge in [0, 0.05) is 17.4 Å². The number of anilines is 1. The molecular formula is C19H16F3N3O2. The molecule has 2 aromatic carbocycles. The van der Waals surface area contributed by atoms with Crippen LogP contribution in [0.5, 0.6) is 0 Å². The fourth-order valence-corrected chi connectivity index (χ4v) is 2.81. The van der Waals surface area contributed by atoms with E-state index in [0.29, 0.717) is 18.3 Å². The highest BCUT2D eigenvalue weighted by atomic mass is 19.2. The van der Waals surface area contributed by atoms with Gasteiger partial charge in [0.1, 0.15) is 5.69 Å². The van der Waals surface area contributed by atoms with Crippen molar-refractivity contribution in [1.29, 1.82) is 0 Å². The zero-order valence-electron chi connectivity index (χ0n) is 14.4. The summed E-state index contributed by atoms with van der Waals surface area (Å²) < 4.78 is 41.5. The number of halogens is 3. The molecule has 5 nitrogen and oxygen atoms in total. The lowest BCUT2D eigenvalue weighted by molar-refractivity contribution is -0.115. The average Bonchev–Trinajstić information content (AvgIpc) is 3.05. The van der Waals surface area contributed by atoms with Crippen LogP contribution in [0.2, 0.25) is 0 Å². The molecule has 0 unspecified atom stereocenters. The third kappa shape index (κ3) is 3.64. The van der Waals surface area contributed by atoms with E-state index in [1.54, 1.807) is 10.6 Å². The number of hydrogen-bond acceptors (Lipinski definition) is 2. The van der Waals surface area contributed by atoms with Crippen molar-refractivity contribution in [3.63, 3.8) is 0 Å². The number of aromatic nitrogens is 1. The average molecular weight is 375 g/mol. The fourth-order valence-electron chi connectivity index (χ4n) is 2.81. The van der Waals surface area contributed by atoms with Gasteiger partial charge in [-0.05, 0) is 31.2 Å². The lowest BCUT2D eigenvalue weighted by Crippen LogP contribution is -2.34. The second-order valence-electron chi connectivity index (χ2n) is 5.79. The minimum absolute atomic E-state index is 0.380. The topological polar surface area (TPSA) is 63.1 Å². The van der Waals surface area contributed by atoms with Gasteiger partial charge >= 0.3 is 0 Å². The van der Waals surface area contributed by atoms with Gasteiger partial charge in [-0.15, -0.1) is 0 Å². The first-order valence-electron chi connectivity index (χ1n) is 8.22. The molecule has 3 rings (SSSR count). The van der Waals surface area contributed by atoms with Gasteiger partial charge in [0.15, 0.2) is 17.5 Å². The van der Waals surface area contributed by atoms with Crippen LogP contribution in [0.25, 0.3) is 10.9 Å². The van der Waals surface area contributed by atoms with Crippen LogP contribution in [0.15, 0.2) is 42.5 Å². The third-order valence-corrected chi connectivity index (χ3v) is 4.08. The number of nitrogens with one attached hydrogen (secondary N) is 2. The third-order valence-electron chi connectivity index (χ3n) is 4.08. The van der Waals surface area contributed by atoms with E-state index in [-0.39, 0.29) is 0 Å². The Morgan fingerprint density at radius 2 is 1.78 bits per heavy atom. The lowest BCUT2D eigenvalue weighted by Gasteiger charge is -2.10. The Balaban J connectivity index is 1.69. The quantitative estimate of drug-likeness (QED) is 0.671. The number of carbonyl (C=O) groups excluding carboxylic acids is 2. The van der Waals surface area contributed by atoms with Crippen molar-refractivity contribution in [3.8, 4) is 0 Å². The molecule has 8 heteroatoms. The summed E-state index contributed by atoms with van der Waals surface area (Å²) in [5.41, 5.74) is 0.764. The number of carbonyl (C=O) groups is 2. The van der Waals surface area contributed by atoms with Gasteiger partial charge in [0.2, 0.25) is 5.91 Å². The first-order chi connectivity index (χ1) is 12.9. The molecular weight excluding hydrogens is 359 g/mol. The smallest absolute Gasteiger partial charge is 0.268 e. The summed E-state index contributed by atoms with van der Waals surface area (Å²) in [5.74, 6) is -5.78. The highest BCUT2D eigenvalue weighted by molar-refractivity contribution is 6.01. The maximum absolute atomic E-state index is 13.6. The van der Waals surface area contributed by atoms with Crippen LogP contribution >= 0.6 is 0 Å². The monoisotopic (exact) mass is 375 g/mol. The molecule has 0 saturated carbocycles. The molecule has 3 aromatic rings. The van der Waals surface area contributed by atoms with Crippen molar-refractivity contribution in [1.82, 2.24) is 9.88 Å². The number of hydrogen-bond donors (Lipinski definition) is 2. The molecule has 2 N–H and O–H groups in total. The molecule has 0 spiro atoms. The van der Waals surface area contributed by atoms with E-state index >= 15 is 0 Å². The summed E-state index contributed by atoms with van der Waals surface area (Å²) in [6.45, 7) is 1.99. The molecule has 0 bridgehead atoms. The van der Waals surface area contributed by atoms with Crippen LogP contribution in [0.3, 0.4) is 0 Å². The van der Waals surface area contributed by atoms with Crippen molar-refractivity contribution >= 4 is 28.4 Å². The number of benzene rings is 2. The van der Waals surface area contributed by atoms with Crippen LogP contribution in [0.1, 0.15) is 17.4 Å². The Hall–Kier alpha value is -3.29. The Labute approximate surface area is 152 Å². The summed E-state index contributed by atoms with van der Waals surface area (Å²) in [7, 11) is 0. The van der Waals surface area contributed by atoms with Crippen LogP contribution in [0.4, 0.5) is 18.9 Å². The molecule has 27 heavy (non-hydrogen) atoms. The Morgan fingerprint density at radius 1 is 1.04 bits per heavy atom. The van der Waals surface area contributed by atoms with Crippen molar-refractivity contribution in [2.75, 3.05) is 11.9 Å². The summed E-state index contributed by atoms with van der Waals surface area (Å²) >= 11 is 0. The number of amides is 2. The van der Waals surface area contributed by atoms with E-state index in [2.05, 4.69) is 10.6 Å². The van der Waals surface area contributed by atoms with Crippen LogP contribution in [-0.2, 0) is 11.3 Å². The largest absolute Gasteiger partial charge is 0.342 e. The molecule has 2 amide bonds. The highest BCUT2D eigenvalue weighted by Crippen LogP contribution is 2.20. The predicted octanol–water partition coefficient (Wildman–Crippen LogP) is 3.45. The minimum Gasteiger partial charge on any atom is -0.342 e. The number of para-hydroxylation sites is 1. The first kappa shape index (κ1) is 18.5. The van der Waals surface area contributed by atoms with Crippen LogP contribution < -0.4 is 10.6 Å². The molecule has 0 radical (unpaired) electrons. The molecule has 0 aliphatic heterocycles. The van der Waals surface area contributed by atoms with Gasteiger partial charge in [-0.2, -0.15) is 0 Å².